The Bertz CT molecular complexity index is 511. The first-order chi connectivity index (χ1) is 11.2. The number of benzene rings is 1. The van der Waals surface area contributed by atoms with Crippen LogP contribution in [0.1, 0.15) is 46.1 Å². The van der Waals surface area contributed by atoms with E-state index in [0.29, 0.717) is 13.2 Å². The molecule has 0 N–H and O–H groups in total. The molecule has 2 atom stereocenters. The average Bonchev–Trinajstić information content (AvgIpc) is 2.52. The zero-order valence-corrected chi connectivity index (χ0v) is 17.3. The van der Waals surface area contributed by atoms with Crippen molar-refractivity contribution < 1.29 is 9.16 Å². The maximum Gasteiger partial charge on any atom is 0.192 e. The molecule has 2 nitrogen and oxygen atoms in total. The molecule has 0 aromatic heterocycles. The van der Waals surface area contributed by atoms with Gasteiger partial charge in [-0.25, -0.2) is 0 Å². The van der Waals surface area contributed by atoms with Crippen LogP contribution in [0.4, 0.5) is 0 Å². The summed E-state index contributed by atoms with van der Waals surface area (Å²) in [5, 5.41) is 0.184. The summed E-state index contributed by atoms with van der Waals surface area (Å²) in [6.45, 7) is 14.8. The van der Waals surface area contributed by atoms with Crippen LogP contribution in [0.5, 0.6) is 0 Å². The number of hydrogen-bond acceptors (Lipinski definition) is 2. The summed E-state index contributed by atoms with van der Waals surface area (Å²) >= 11 is 0. The van der Waals surface area contributed by atoms with Gasteiger partial charge in [0.05, 0.1) is 12.7 Å². The van der Waals surface area contributed by atoms with E-state index in [1.165, 1.54) is 5.56 Å². The maximum atomic E-state index is 6.61. The van der Waals surface area contributed by atoms with E-state index in [9.17, 15) is 0 Å². The quantitative estimate of drug-likeness (QED) is 0.327. The summed E-state index contributed by atoms with van der Waals surface area (Å²) in [4.78, 5) is 0. The highest BCUT2D eigenvalue weighted by atomic mass is 28.4. The molecule has 0 fully saturated rings. The molecule has 0 saturated heterocycles. The van der Waals surface area contributed by atoms with Crippen LogP contribution >= 0.6 is 0 Å². The number of hydrogen-bond donors (Lipinski definition) is 0. The zero-order chi connectivity index (χ0) is 18.2. The first-order valence-corrected chi connectivity index (χ1v) is 11.9. The molecule has 134 valence electrons. The first-order valence-electron chi connectivity index (χ1n) is 8.97. The molecule has 1 rings (SSSR count). The Kier molecular flexibility index (Phi) is 8.22. The molecule has 1 aromatic rings. The molecule has 0 spiro atoms. The second-order valence-electron chi connectivity index (χ2n) is 7.92. The van der Waals surface area contributed by atoms with Gasteiger partial charge in [0.2, 0.25) is 0 Å². The predicted octanol–water partition coefficient (Wildman–Crippen LogP) is 5.64. The minimum absolute atomic E-state index is 0.0802. The van der Waals surface area contributed by atoms with Crippen molar-refractivity contribution in [2.75, 3.05) is 6.61 Å². The van der Waals surface area contributed by atoms with E-state index < -0.39 is 8.32 Å². The van der Waals surface area contributed by atoms with Crippen LogP contribution in [-0.2, 0) is 15.8 Å². The van der Waals surface area contributed by atoms with Crippen molar-refractivity contribution >= 4 is 8.32 Å². The Labute approximate surface area is 150 Å². The van der Waals surface area contributed by atoms with E-state index in [0.717, 1.165) is 12.8 Å². The van der Waals surface area contributed by atoms with Gasteiger partial charge in [-0.15, -0.1) is 12.3 Å². The molecule has 0 saturated carbocycles. The molecule has 0 unspecified atom stereocenters. The van der Waals surface area contributed by atoms with Gasteiger partial charge >= 0.3 is 0 Å². The fourth-order valence-electron chi connectivity index (χ4n) is 2.35. The van der Waals surface area contributed by atoms with Crippen LogP contribution in [0.2, 0.25) is 18.1 Å². The Morgan fingerprint density at radius 1 is 1.17 bits per heavy atom. The van der Waals surface area contributed by atoms with Crippen molar-refractivity contribution in [2.45, 2.75) is 71.4 Å². The van der Waals surface area contributed by atoms with Gasteiger partial charge in [0.1, 0.15) is 0 Å². The van der Waals surface area contributed by atoms with Gasteiger partial charge in [0.15, 0.2) is 8.32 Å². The number of rotatable bonds is 9. The average molecular weight is 347 g/mol. The number of terminal acetylenes is 1. The van der Waals surface area contributed by atoms with Gasteiger partial charge in [-0.2, -0.15) is 0 Å². The van der Waals surface area contributed by atoms with Crippen LogP contribution in [0.3, 0.4) is 0 Å². The van der Waals surface area contributed by atoms with Gasteiger partial charge in [-0.05, 0) is 36.5 Å². The van der Waals surface area contributed by atoms with Crippen LogP contribution in [-0.4, -0.2) is 21.0 Å². The fourth-order valence-corrected chi connectivity index (χ4v) is 3.74. The second-order valence-corrected chi connectivity index (χ2v) is 12.7. The number of ether oxygens (including phenoxy) is 1. The van der Waals surface area contributed by atoms with Crippen LogP contribution < -0.4 is 0 Å². The predicted molar refractivity (Wildman–Crippen MR) is 105 cm³/mol. The molecule has 0 heterocycles. The summed E-state index contributed by atoms with van der Waals surface area (Å²) in [5.74, 6) is 3.08. The molecule has 24 heavy (non-hydrogen) atoms. The van der Waals surface area contributed by atoms with E-state index in [4.69, 9.17) is 15.6 Å². The highest BCUT2D eigenvalue weighted by Gasteiger charge is 2.40. The summed E-state index contributed by atoms with van der Waals surface area (Å²) in [5.41, 5.74) is 1.20. The summed E-state index contributed by atoms with van der Waals surface area (Å²) in [7, 11) is -1.84. The molecular formula is C21H34O2Si. The van der Waals surface area contributed by atoms with E-state index in [2.05, 4.69) is 58.8 Å². The molecule has 0 amide bonds. The summed E-state index contributed by atoms with van der Waals surface area (Å²) in [6, 6.07) is 10.3. The smallest absolute Gasteiger partial charge is 0.192 e. The fraction of sp³-hybridized carbons (Fsp3) is 0.619. The van der Waals surface area contributed by atoms with Gasteiger partial charge in [0, 0.05) is 12.5 Å². The molecule has 0 aliphatic rings. The minimum atomic E-state index is -1.84. The Morgan fingerprint density at radius 3 is 2.29 bits per heavy atom. The van der Waals surface area contributed by atoms with Gasteiger partial charge in [-0.3, -0.25) is 0 Å². The first kappa shape index (κ1) is 21.0. The van der Waals surface area contributed by atoms with Gasteiger partial charge in [-0.1, -0.05) is 58.0 Å². The Hall–Kier alpha value is -1.08. The van der Waals surface area contributed by atoms with E-state index >= 15 is 0 Å². The third-order valence-electron chi connectivity index (χ3n) is 5.01. The lowest BCUT2D eigenvalue weighted by Gasteiger charge is -2.40. The van der Waals surface area contributed by atoms with Crippen molar-refractivity contribution in [1.29, 1.82) is 0 Å². The van der Waals surface area contributed by atoms with Crippen molar-refractivity contribution in [1.82, 2.24) is 0 Å². The molecule has 1 aromatic carbocycles. The van der Waals surface area contributed by atoms with Gasteiger partial charge in [0.25, 0.3) is 0 Å². The molecule has 0 aliphatic heterocycles. The summed E-state index contributed by atoms with van der Waals surface area (Å²) < 4.78 is 12.5. The lowest BCUT2D eigenvalue weighted by molar-refractivity contribution is 0.0620. The van der Waals surface area contributed by atoms with Crippen molar-refractivity contribution in [3.63, 3.8) is 0 Å². The second kappa shape index (κ2) is 9.41. The summed E-state index contributed by atoms with van der Waals surface area (Å²) in [6.07, 6.45) is 7.62. The van der Waals surface area contributed by atoms with E-state index in [1.807, 2.05) is 18.2 Å². The molecule has 3 heteroatoms. The van der Waals surface area contributed by atoms with Gasteiger partial charge < -0.3 is 9.16 Å². The van der Waals surface area contributed by atoms with Crippen molar-refractivity contribution in [2.24, 2.45) is 5.92 Å². The zero-order valence-electron chi connectivity index (χ0n) is 16.3. The Morgan fingerprint density at radius 2 is 1.79 bits per heavy atom. The van der Waals surface area contributed by atoms with Crippen molar-refractivity contribution in [3.05, 3.63) is 35.9 Å². The van der Waals surface area contributed by atoms with E-state index in [1.54, 1.807) is 0 Å². The maximum absolute atomic E-state index is 6.61. The highest BCUT2D eigenvalue weighted by molar-refractivity contribution is 6.74. The molecule has 0 radical (unpaired) electrons. The van der Waals surface area contributed by atoms with Crippen LogP contribution in [0.15, 0.2) is 30.3 Å². The topological polar surface area (TPSA) is 18.5 Å². The van der Waals surface area contributed by atoms with E-state index in [-0.39, 0.29) is 17.1 Å². The molecule has 0 bridgehead atoms. The van der Waals surface area contributed by atoms with Crippen molar-refractivity contribution in [3.8, 4) is 12.3 Å². The third kappa shape index (κ3) is 6.43. The Balaban J connectivity index is 2.62. The normalized spacial score (nSPS) is 14.9. The third-order valence-corrected chi connectivity index (χ3v) is 9.52. The van der Waals surface area contributed by atoms with Crippen LogP contribution in [0.25, 0.3) is 0 Å². The lowest BCUT2D eigenvalue weighted by Crippen LogP contribution is -2.46. The molecular weight excluding hydrogens is 312 g/mol. The standard InChI is InChI=1S/C21H34O2Si/c1-8-19(9-2)20(23-24(6,7)21(3,4)5)15-16-22-17-18-13-11-10-12-14-18/h1,10-14,19-20H,9,15-17H2,2-7H3/t19-,20-/m0/s1. The molecule has 0 aliphatic carbocycles. The lowest BCUT2D eigenvalue weighted by atomic mass is 9.98. The minimum Gasteiger partial charge on any atom is -0.413 e. The largest absolute Gasteiger partial charge is 0.413 e. The SMILES string of the molecule is C#C[C@@H](CC)[C@H](CCOCc1ccccc1)O[Si](C)(C)C(C)(C)C. The highest BCUT2D eigenvalue weighted by Crippen LogP contribution is 2.38. The monoisotopic (exact) mass is 346 g/mol. The van der Waals surface area contributed by atoms with Crippen LogP contribution in [0, 0.1) is 18.3 Å².